The van der Waals surface area contributed by atoms with E-state index >= 15 is 0 Å². The van der Waals surface area contributed by atoms with Crippen LogP contribution in [0.1, 0.15) is 17.5 Å². The van der Waals surface area contributed by atoms with E-state index in [4.69, 9.17) is 9.47 Å². The fraction of sp³-hybridized carbons (Fsp3) is 0.391. The number of methoxy groups -OCH3 is 1. The molecular weight excluding hydrogens is 368 g/mol. The van der Waals surface area contributed by atoms with E-state index in [9.17, 15) is 9.59 Å². The van der Waals surface area contributed by atoms with Gasteiger partial charge in [-0.2, -0.15) is 0 Å². The lowest BCUT2D eigenvalue weighted by Crippen LogP contribution is -2.41. The predicted molar refractivity (Wildman–Crippen MR) is 110 cm³/mol. The van der Waals surface area contributed by atoms with Crippen molar-refractivity contribution < 1.29 is 19.1 Å². The highest BCUT2D eigenvalue weighted by Gasteiger charge is 2.37. The molecule has 0 aliphatic carbocycles. The molecule has 2 amide bonds. The zero-order chi connectivity index (χ0) is 20.4. The molecule has 2 aliphatic heterocycles. The van der Waals surface area contributed by atoms with Crippen molar-refractivity contribution in [2.24, 2.45) is 5.92 Å². The van der Waals surface area contributed by atoms with Crippen molar-refractivity contribution in [2.75, 3.05) is 32.1 Å². The van der Waals surface area contributed by atoms with Crippen LogP contribution in [0, 0.1) is 5.92 Å². The molecule has 29 heavy (non-hydrogen) atoms. The van der Waals surface area contributed by atoms with Gasteiger partial charge in [0.2, 0.25) is 11.8 Å². The largest absolute Gasteiger partial charge is 0.497 e. The Kier molecular flexibility index (Phi) is 5.53. The molecule has 2 aliphatic rings. The fourth-order valence-electron chi connectivity index (χ4n) is 4.13. The summed E-state index contributed by atoms with van der Waals surface area (Å²) in [7, 11) is 3.39. The molecule has 0 N–H and O–H groups in total. The fourth-order valence-corrected chi connectivity index (χ4v) is 4.13. The number of hydrogen-bond donors (Lipinski definition) is 0. The molecule has 4 rings (SSSR count). The van der Waals surface area contributed by atoms with Gasteiger partial charge < -0.3 is 19.3 Å². The quantitative estimate of drug-likeness (QED) is 0.782. The lowest BCUT2D eigenvalue weighted by Gasteiger charge is -2.30. The third kappa shape index (κ3) is 4.12. The summed E-state index contributed by atoms with van der Waals surface area (Å²) < 4.78 is 11.2. The summed E-state index contributed by atoms with van der Waals surface area (Å²) in [6, 6.07) is 15.6. The van der Waals surface area contributed by atoms with E-state index in [-0.39, 0.29) is 30.3 Å². The number of hydrogen-bond acceptors (Lipinski definition) is 4. The van der Waals surface area contributed by atoms with Gasteiger partial charge in [-0.1, -0.05) is 30.3 Å². The van der Waals surface area contributed by atoms with Gasteiger partial charge in [-0.25, -0.2) is 0 Å². The van der Waals surface area contributed by atoms with Crippen molar-refractivity contribution in [3.8, 4) is 5.75 Å². The van der Waals surface area contributed by atoms with E-state index in [1.54, 1.807) is 24.0 Å². The average Bonchev–Trinajstić information content (AvgIpc) is 3.14. The van der Waals surface area contributed by atoms with Gasteiger partial charge in [0.05, 0.1) is 25.7 Å². The van der Waals surface area contributed by atoms with Gasteiger partial charge in [0.25, 0.3) is 0 Å². The van der Waals surface area contributed by atoms with Crippen LogP contribution in [0.25, 0.3) is 0 Å². The van der Waals surface area contributed by atoms with Gasteiger partial charge in [-0.3, -0.25) is 9.59 Å². The number of amides is 2. The third-order valence-electron chi connectivity index (χ3n) is 5.73. The zero-order valence-electron chi connectivity index (χ0n) is 16.8. The number of rotatable bonds is 5. The molecule has 1 fully saturated rings. The minimum atomic E-state index is -0.338. The Hall–Kier alpha value is -2.86. The first-order chi connectivity index (χ1) is 14.0. The molecule has 6 heteroatoms. The third-order valence-corrected chi connectivity index (χ3v) is 5.73. The van der Waals surface area contributed by atoms with E-state index in [0.717, 1.165) is 12.1 Å². The van der Waals surface area contributed by atoms with Crippen LogP contribution in [-0.2, 0) is 27.4 Å². The maximum Gasteiger partial charge on any atom is 0.227 e. The lowest BCUT2D eigenvalue weighted by atomic mass is 9.98. The average molecular weight is 394 g/mol. The molecule has 6 nitrogen and oxygen atoms in total. The van der Waals surface area contributed by atoms with Gasteiger partial charge in [0.15, 0.2) is 0 Å². The normalized spacial score (nSPS) is 21.0. The lowest BCUT2D eigenvalue weighted by molar-refractivity contribution is -0.136. The van der Waals surface area contributed by atoms with Gasteiger partial charge in [0.1, 0.15) is 5.75 Å². The Bertz CT molecular complexity index is 913. The minimum absolute atomic E-state index is 0.00814. The molecule has 2 heterocycles. The first-order valence-corrected chi connectivity index (χ1v) is 9.93. The van der Waals surface area contributed by atoms with Crippen LogP contribution < -0.4 is 9.64 Å². The number of likely N-dealkylation sites (N-methyl/N-ethyl adjacent to an activating group) is 1. The molecule has 0 aromatic heterocycles. The SMILES string of the molecule is COc1cccc(N2CC(C(=O)N(C)CC3Cc4ccccc4CO3)CC2=O)c1. The standard InChI is InChI=1S/C23H26N2O4/c1-24(14-21-10-16-6-3-4-7-17(16)15-29-21)23(27)18-11-22(26)25(13-18)19-8-5-9-20(12-19)28-2/h3-9,12,18,21H,10-11,13-15H2,1-2H3. The van der Waals surface area contributed by atoms with Crippen LogP contribution in [-0.4, -0.2) is 50.1 Å². The predicted octanol–water partition coefficient (Wildman–Crippen LogP) is 2.65. The minimum Gasteiger partial charge on any atom is -0.497 e. The molecule has 1 saturated heterocycles. The second kappa shape index (κ2) is 8.25. The highest BCUT2D eigenvalue weighted by Crippen LogP contribution is 2.29. The van der Waals surface area contributed by atoms with E-state index < -0.39 is 0 Å². The van der Waals surface area contributed by atoms with E-state index in [2.05, 4.69) is 12.1 Å². The first kappa shape index (κ1) is 19.5. The number of fused-ring (bicyclic) bond motifs is 1. The summed E-state index contributed by atoms with van der Waals surface area (Å²) in [6.45, 7) is 1.49. The maximum atomic E-state index is 13.0. The Labute approximate surface area is 171 Å². The summed E-state index contributed by atoms with van der Waals surface area (Å²) in [6.07, 6.45) is 1.01. The van der Waals surface area contributed by atoms with Crippen LogP contribution >= 0.6 is 0 Å². The summed E-state index contributed by atoms with van der Waals surface area (Å²) in [5.41, 5.74) is 3.26. The Balaban J connectivity index is 1.37. The molecule has 2 atom stereocenters. The maximum absolute atomic E-state index is 13.0. The van der Waals surface area contributed by atoms with Gasteiger partial charge in [-0.15, -0.1) is 0 Å². The molecule has 0 saturated carbocycles. The highest BCUT2D eigenvalue weighted by atomic mass is 16.5. The number of benzene rings is 2. The van der Waals surface area contributed by atoms with Gasteiger partial charge >= 0.3 is 0 Å². The van der Waals surface area contributed by atoms with Crippen molar-refractivity contribution in [1.82, 2.24) is 4.90 Å². The Morgan fingerprint density at radius 2 is 1.97 bits per heavy atom. The van der Waals surface area contributed by atoms with Crippen LogP contribution in [0.2, 0.25) is 0 Å². The second-order valence-electron chi connectivity index (χ2n) is 7.73. The van der Waals surface area contributed by atoms with E-state index in [1.165, 1.54) is 11.1 Å². The molecule has 2 aromatic carbocycles. The van der Waals surface area contributed by atoms with Gasteiger partial charge in [-0.05, 0) is 23.3 Å². The van der Waals surface area contributed by atoms with Crippen LogP contribution in [0.3, 0.4) is 0 Å². The number of carbonyl (C=O) groups is 2. The highest BCUT2D eigenvalue weighted by molar-refractivity contribution is 6.00. The molecule has 2 unspecified atom stereocenters. The smallest absolute Gasteiger partial charge is 0.227 e. The van der Waals surface area contributed by atoms with Crippen LogP contribution in [0.4, 0.5) is 5.69 Å². The topological polar surface area (TPSA) is 59.1 Å². The first-order valence-electron chi connectivity index (χ1n) is 9.93. The number of nitrogens with zero attached hydrogens (tertiary/aromatic N) is 2. The molecular formula is C23H26N2O4. The number of carbonyl (C=O) groups excluding carboxylic acids is 2. The molecule has 152 valence electrons. The second-order valence-corrected chi connectivity index (χ2v) is 7.73. The van der Waals surface area contributed by atoms with Crippen molar-refractivity contribution in [3.05, 3.63) is 59.7 Å². The zero-order valence-corrected chi connectivity index (χ0v) is 16.8. The molecule has 0 spiro atoms. The van der Waals surface area contributed by atoms with Crippen LogP contribution in [0.5, 0.6) is 5.75 Å². The molecule has 0 radical (unpaired) electrons. The summed E-state index contributed by atoms with van der Waals surface area (Å²) in [5.74, 6) is 0.311. The van der Waals surface area contributed by atoms with Crippen molar-refractivity contribution in [2.45, 2.75) is 25.6 Å². The van der Waals surface area contributed by atoms with Crippen molar-refractivity contribution >= 4 is 17.5 Å². The number of anilines is 1. The van der Waals surface area contributed by atoms with E-state index in [1.807, 2.05) is 36.4 Å². The van der Waals surface area contributed by atoms with Gasteiger partial charge in [0, 0.05) is 44.7 Å². The van der Waals surface area contributed by atoms with Crippen molar-refractivity contribution in [3.63, 3.8) is 0 Å². The molecule has 0 bridgehead atoms. The Morgan fingerprint density at radius 3 is 2.76 bits per heavy atom. The van der Waals surface area contributed by atoms with E-state index in [0.29, 0.717) is 25.4 Å². The summed E-state index contributed by atoms with van der Waals surface area (Å²) >= 11 is 0. The Morgan fingerprint density at radius 1 is 1.17 bits per heavy atom. The summed E-state index contributed by atoms with van der Waals surface area (Å²) in [5, 5.41) is 0. The molecule has 2 aromatic rings. The van der Waals surface area contributed by atoms with Crippen molar-refractivity contribution in [1.29, 1.82) is 0 Å². The summed E-state index contributed by atoms with van der Waals surface area (Å²) in [4.78, 5) is 28.9. The van der Waals surface area contributed by atoms with Crippen LogP contribution in [0.15, 0.2) is 48.5 Å². The monoisotopic (exact) mass is 394 g/mol. The number of ether oxygens (including phenoxy) is 2.